The first-order valence-corrected chi connectivity index (χ1v) is 8.34. The monoisotopic (exact) mass is 301 g/mol. The Kier molecular flexibility index (Phi) is 4.34. The Hall–Kier alpha value is -1.68. The summed E-state index contributed by atoms with van der Waals surface area (Å²) in [4.78, 5) is 16.0. The molecule has 3 nitrogen and oxygen atoms in total. The molecule has 0 N–H and O–H groups in total. The second-order valence-corrected chi connectivity index (χ2v) is 6.20. The molecule has 0 unspecified atom stereocenters. The predicted octanol–water partition coefficient (Wildman–Crippen LogP) is 4.18. The Labute approximate surface area is 129 Å². The van der Waals surface area contributed by atoms with E-state index in [4.69, 9.17) is 4.74 Å². The third kappa shape index (κ3) is 3.70. The highest BCUT2D eigenvalue weighted by molar-refractivity contribution is 7.13. The number of rotatable bonds is 6. The van der Waals surface area contributed by atoms with Crippen molar-refractivity contribution in [3.63, 3.8) is 0 Å². The van der Waals surface area contributed by atoms with Crippen molar-refractivity contribution in [2.75, 3.05) is 6.61 Å². The van der Waals surface area contributed by atoms with Crippen LogP contribution in [0.2, 0.25) is 0 Å². The average Bonchev–Trinajstić information content (AvgIpc) is 3.24. The fraction of sp³-hybridized carbons (Fsp3) is 0.412. The molecule has 3 rings (SSSR count). The van der Waals surface area contributed by atoms with E-state index < -0.39 is 0 Å². The van der Waals surface area contributed by atoms with Gasteiger partial charge in [0, 0.05) is 17.4 Å². The lowest BCUT2D eigenvalue weighted by Gasteiger charge is -2.00. The number of aromatic nitrogens is 1. The molecule has 0 atom stereocenters. The zero-order chi connectivity index (χ0) is 14.7. The Morgan fingerprint density at radius 2 is 2.10 bits per heavy atom. The Bertz CT molecular complexity index is 614. The van der Waals surface area contributed by atoms with Gasteiger partial charge in [0.05, 0.1) is 18.7 Å². The number of hydrogen-bond acceptors (Lipinski definition) is 4. The lowest BCUT2D eigenvalue weighted by atomic mass is 10.1. The molecule has 0 bridgehead atoms. The van der Waals surface area contributed by atoms with Gasteiger partial charge in [0.15, 0.2) is 0 Å². The number of carbonyl (C=O) groups excluding carboxylic acids is 1. The van der Waals surface area contributed by atoms with Crippen LogP contribution in [0.5, 0.6) is 0 Å². The predicted molar refractivity (Wildman–Crippen MR) is 84.5 cm³/mol. The summed E-state index contributed by atoms with van der Waals surface area (Å²) >= 11 is 1.63. The first kappa shape index (κ1) is 14.3. The molecule has 1 heterocycles. The van der Waals surface area contributed by atoms with Crippen LogP contribution >= 0.6 is 11.3 Å². The molecule has 4 heteroatoms. The smallest absolute Gasteiger partial charge is 0.306 e. The molecule has 1 saturated carbocycles. The van der Waals surface area contributed by atoms with Crippen LogP contribution in [0.1, 0.15) is 43.4 Å². The molecule has 0 aliphatic heterocycles. The van der Waals surface area contributed by atoms with Crippen molar-refractivity contribution in [2.45, 2.75) is 38.5 Å². The standard InChI is InChI=1S/C17H19NO2S/c1-2-20-16(19)10-9-15-11-21-17(18-15)14-7-5-13(6-8-14)12-3-4-12/h5-8,11-12H,2-4,9-10H2,1H3. The number of benzene rings is 1. The highest BCUT2D eigenvalue weighted by Crippen LogP contribution is 2.40. The van der Waals surface area contributed by atoms with Gasteiger partial charge in [0.2, 0.25) is 0 Å². The van der Waals surface area contributed by atoms with Gasteiger partial charge in [-0.3, -0.25) is 4.79 Å². The fourth-order valence-electron chi connectivity index (χ4n) is 2.33. The zero-order valence-electron chi connectivity index (χ0n) is 12.2. The Balaban J connectivity index is 1.62. The summed E-state index contributed by atoms with van der Waals surface area (Å²) in [7, 11) is 0. The third-order valence-electron chi connectivity index (χ3n) is 3.65. The maximum absolute atomic E-state index is 11.4. The molecule has 0 saturated heterocycles. The fourth-order valence-corrected chi connectivity index (χ4v) is 3.19. The Morgan fingerprint density at radius 3 is 2.76 bits per heavy atom. The van der Waals surface area contributed by atoms with E-state index in [9.17, 15) is 4.79 Å². The number of aryl methyl sites for hydroxylation is 1. The topological polar surface area (TPSA) is 39.2 Å². The van der Waals surface area contributed by atoms with Gasteiger partial charge in [0.1, 0.15) is 5.01 Å². The second kappa shape index (κ2) is 6.39. The molecule has 110 valence electrons. The summed E-state index contributed by atoms with van der Waals surface area (Å²) in [5.41, 5.74) is 3.57. The van der Waals surface area contributed by atoms with Gasteiger partial charge in [-0.05, 0) is 31.2 Å². The minimum atomic E-state index is -0.152. The van der Waals surface area contributed by atoms with Crippen LogP contribution < -0.4 is 0 Å². The first-order valence-electron chi connectivity index (χ1n) is 7.46. The lowest BCUT2D eigenvalue weighted by Crippen LogP contribution is -2.05. The van der Waals surface area contributed by atoms with E-state index >= 15 is 0 Å². The molecule has 0 radical (unpaired) electrons. The van der Waals surface area contributed by atoms with E-state index in [1.165, 1.54) is 18.4 Å². The van der Waals surface area contributed by atoms with Crippen LogP contribution in [0.4, 0.5) is 0 Å². The van der Waals surface area contributed by atoms with Gasteiger partial charge in [-0.25, -0.2) is 4.98 Å². The van der Waals surface area contributed by atoms with E-state index in [-0.39, 0.29) is 5.97 Å². The zero-order valence-corrected chi connectivity index (χ0v) is 13.0. The van der Waals surface area contributed by atoms with Crippen molar-refractivity contribution in [3.05, 3.63) is 40.9 Å². The molecule has 1 fully saturated rings. The largest absolute Gasteiger partial charge is 0.466 e. The molecule has 2 aromatic rings. The van der Waals surface area contributed by atoms with Gasteiger partial charge in [0.25, 0.3) is 0 Å². The number of ether oxygens (including phenoxy) is 1. The van der Waals surface area contributed by atoms with Crippen molar-refractivity contribution in [1.82, 2.24) is 4.98 Å². The highest BCUT2D eigenvalue weighted by atomic mass is 32.1. The summed E-state index contributed by atoms with van der Waals surface area (Å²) in [6.45, 7) is 2.26. The van der Waals surface area contributed by atoms with E-state index in [1.807, 2.05) is 12.3 Å². The number of esters is 1. The maximum Gasteiger partial charge on any atom is 0.306 e. The Morgan fingerprint density at radius 1 is 1.33 bits per heavy atom. The quantitative estimate of drug-likeness (QED) is 0.751. The SMILES string of the molecule is CCOC(=O)CCc1csc(-c2ccc(C3CC3)cc2)n1. The van der Waals surface area contributed by atoms with Gasteiger partial charge in [-0.1, -0.05) is 24.3 Å². The first-order chi connectivity index (χ1) is 10.3. The van der Waals surface area contributed by atoms with E-state index in [0.717, 1.165) is 22.2 Å². The second-order valence-electron chi connectivity index (χ2n) is 5.35. The molecule has 0 amide bonds. The van der Waals surface area contributed by atoms with Crippen LogP contribution in [0.3, 0.4) is 0 Å². The molecule has 1 aromatic heterocycles. The number of nitrogens with zero attached hydrogens (tertiary/aromatic N) is 1. The van der Waals surface area contributed by atoms with Gasteiger partial charge in [-0.2, -0.15) is 0 Å². The van der Waals surface area contributed by atoms with Crippen molar-refractivity contribution in [1.29, 1.82) is 0 Å². The minimum Gasteiger partial charge on any atom is -0.466 e. The molecular weight excluding hydrogens is 282 g/mol. The van der Waals surface area contributed by atoms with Gasteiger partial charge >= 0.3 is 5.97 Å². The maximum atomic E-state index is 11.4. The number of carbonyl (C=O) groups is 1. The van der Waals surface area contributed by atoms with Crippen LogP contribution in [-0.2, 0) is 16.0 Å². The van der Waals surface area contributed by atoms with E-state index in [2.05, 4.69) is 29.2 Å². The van der Waals surface area contributed by atoms with Crippen molar-refractivity contribution in [3.8, 4) is 10.6 Å². The summed E-state index contributed by atoms with van der Waals surface area (Å²) in [6.07, 6.45) is 3.70. The normalized spacial score (nSPS) is 14.1. The molecule has 1 aliphatic carbocycles. The highest BCUT2D eigenvalue weighted by Gasteiger charge is 2.23. The summed E-state index contributed by atoms with van der Waals surface area (Å²) in [5, 5.41) is 3.06. The van der Waals surface area contributed by atoms with Gasteiger partial charge < -0.3 is 4.74 Å². The third-order valence-corrected chi connectivity index (χ3v) is 4.59. The summed E-state index contributed by atoms with van der Waals surface area (Å²) < 4.78 is 4.93. The van der Waals surface area contributed by atoms with Crippen molar-refractivity contribution < 1.29 is 9.53 Å². The summed E-state index contributed by atoms with van der Waals surface area (Å²) in [6, 6.07) is 8.74. The molecular formula is C17H19NO2S. The minimum absolute atomic E-state index is 0.152. The summed E-state index contributed by atoms with van der Waals surface area (Å²) in [5.74, 6) is 0.635. The van der Waals surface area contributed by atoms with E-state index in [0.29, 0.717) is 19.4 Å². The van der Waals surface area contributed by atoms with Gasteiger partial charge in [-0.15, -0.1) is 11.3 Å². The van der Waals surface area contributed by atoms with Crippen LogP contribution in [0.25, 0.3) is 10.6 Å². The molecule has 21 heavy (non-hydrogen) atoms. The van der Waals surface area contributed by atoms with Crippen LogP contribution in [0, 0.1) is 0 Å². The lowest BCUT2D eigenvalue weighted by molar-refractivity contribution is -0.143. The molecule has 1 aromatic carbocycles. The molecule has 1 aliphatic rings. The number of thiazole rings is 1. The van der Waals surface area contributed by atoms with Crippen LogP contribution in [0.15, 0.2) is 29.6 Å². The van der Waals surface area contributed by atoms with Crippen molar-refractivity contribution >= 4 is 17.3 Å². The molecule has 0 spiro atoms. The average molecular weight is 301 g/mol. The van der Waals surface area contributed by atoms with Crippen molar-refractivity contribution in [2.24, 2.45) is 0 Å². The number of hydrogen-bond donors (Lipinski definition) is 0. The van der Waals surface area contributed by atoms with Crippen LogP contribution in [-0.4, -0.2) is 17.6 Å². The van der Waals surface area contributed by atoms with E-state index in [1.54, 1.807) is 11.3 Å².